The van der Waals surface area contributed by atoms with Gasteiger partial charge in [-0.25, -0.2) is 8.42 Å². The largest absolute Gasteiger partial charge is 0.455 e. The summed E-state index contributed by atoms with van der Waals surface area (Å²) in [5.41, 5.74) is 1.11. The summed E-state index contributed by atoms with van der Waals surface area (Å²) in [6.07, 6.45) is 0. The number of anilines is 1. The number of hydrogen-bond acceptors (Lipinski definition) is 6. The van der Waals surface area contributed by atoms with E-state index in [9.17, 15) is 13.2 Å². The Bertz CT molecular complexity index is 1280. The number of rotatable bonds is 8. The molecule has 0 bridgehead atoms. The van der Waals surface area contributed by atoms with Crippen LogP contribution < -0.4 is 10.2 Å². The van der Waals surface area contributed by atoms with Crippen molar-refractivity contribution in [3.05, 3.63) is 81.2 Å². The molecule has 3 aromatic rings. The maximum absolute atomic E-state index is 12.8. The van der Waals surface area contributed by atoms with E-state index >= 15 is 0 Å². The van der Waals surface area contributed by atoms with E-state index in [1.165, 1.54) is 24.3 Å². The number of furan rings is 1. The van der Waals surface area contributed by atoms with Gasteiger partial charge in [-0.05, 0) is 42.5 Å². The van der Waals surface area contributed by atoms with Gasteiger partial charge in [-0.1, -0.05) is 46.9 Å². The second kappa shape index (κ2) is 11.2. The van der Waals surface area contributed by atoms with Gasteiger partial charge in [0, 0.05) is 50.0 Å². The molecular weight excluding hydrogens is 533 g/mol. The van der Waals surface area contributed by atoms with Crippen LogP contribution in [0, 0.1) is 0 Å². The molecule has 0 radical (unpaired) electrons. The molecule has 35 heavy (non-hydrogen) atoms. The molecule has 0 aliphatic carbocycles. The van der Waals surface area contributed by atoms with Gasteiger partial charge in [0.1, 0.15) is 16.4 Å². The van der Waals surface area contributed by atoms with Crippen LogP contribution in [0.15, 0.2) is 63.9 Å². The van der Waals surface area contributed by atoms with Crippen LogP contribution in [0.4, 0.5) is 5.69 Å². The van der Waals surface area contributed by atoms with E-state index in [2.05, 4.69) is 15.1 Å². The third-order valence-electron chi connectivity index (χ3n) is 5.71. The van der Waals surface area contributed by atoms with E-state index in [0.29, 0.717) is 13.1 Å². The molecule has 0 spiro atoms. The molecule has 2 aromatic carbocycles. The molecule has 4 rings (SSSR count). The lowest BCUT2D eigenvalue weighted by Crippen LogP contribution is -2.48. The van der Waals surface area contributed by atoms with Crippen LogP contribution in [0.5, 0.6) is 0 Å². The summed E-state index contributed by atoms with van der Waals surface area (Å²) in [6.45, 7) is 4.63. The molecule has 0 saturated carbocycles. The number of sulfone groups is 1. The highest BCUT2D eigenvalue weighted by Gasteiger charge is 2.24. The molecule has 11 heteroatoms. The van der Waals surface area contributed by atoms with Crippen molar-refractivity contribution >= 4 is 56.2 Å². The van der Waals surface area contributed by atoms with E-state index in [1.807, 2.05) is 24.3 Å². The Hall–Kier alpha value is -2.23. The molecule has 7 nitrogen and oxygen atoms in total. The third kappa shape index (κ3) is 6.51. The Morgan fingerprint density at radius 2 is 1.63 bits per heavy atom. The van der Waals surface area contributed by atoms with Gasteiger partial charge in [0.15, 0.2) is 15.6 Å². The van der Waals surface area contributed by atoms with Crippen LogP contribution in [0.25, 0.3) is 0 Å². The second-order valence-electron chi connectivity index (χ2n) is 8.14. The van der Waals surface area contributed by atoms with Crippen molar-refractivity contribution in [3.8, 4) is 0 Å². The van der Waals surface area contributed by atoms with E-state index in [4.69, 9.17) is 39.2 Å². The van der Waals surface area contributed by atoms with Gasteiger partial charge < -0.3 is 14.6 Å². The maximum Gasteiger partial charge on any atom is 0.287 e. The van der Waals surface area contributed by atoms with Gasteiger partial charge in [0.05, 0.1) is 10.0 Å². The van der Waals surface area contributed by atoms with Crippen LogP contribution >= 0.6 is 34.8 Å². The van der Waals surface area contributed by atoms with Crippen molar-refractivity contribution in [3.63, 3.8) is 0 Å². The molecular formula is C24H24Cl3N3O4S. The zero-order valence-electron chi connectivity index (χ0n) is 18.7. The first kappa shape index (κ1) is 25.9. The summed E-state index contributed by atoms with van der Waals surface area (Å²) in [5.74, 6) is -0.683. The Labute approximate surface area is 219 Å². The van der Waals surface area contributed by atoms with E-state index < -0.39 is 21.5 Å². The fraction of sp³-hybridized carbons (Fsp3) is 0.292. The average Bonchev–Trinajstić information content (AvgIpc) is 3.27. The fourth-order valence-electron chi connectivity index (χ4n) is 3.93. The van der Waals surface area contributed by atoms with Crippen LogP contribution in [0.2, 0.25) is 15.1 Å². The van der Waals surface area contributed by atoms with Crippen molar-refractivity contribution in [1.29, 1.82) is 0 Å². The number of piperazine rings is 1. The lowest BCUT2D eigenvalue weighted by atomic mass is 10.2. The topological polar surface area (TPSA) is 82.9 Å². The van der Waals surface area contributed by atoms with Crippen molar-refractivity contribution in [2.24, 2.45) is 0 Å². The number of halogens is 3. The number of carbonyl (C=O) groups is 1. The summed E-state index contributed by atoms with van der Waals surface area (Å²) in [6, 6.07) is 15.2. The van der Waals surface area contributed by atoms with E-state index in [0.717, 1.165) is 36.9 Å². The van der Waals surface area contributed by atoms with Crippen LogP contribution in [0.3, 0.4) is 0 Å². The Morgan fingerprint density at radius 3 is 2.31 bits per heavy atom. The molecule has 1 fully saturated rings. The predicted molar refractivity (Wildman–Crippen MR) is 138 cm³/mol. The van der Waals surface area contributed by atoms with Gasteiger partial charge in [-0.15, -0.1) is 0 Å². The fourth-order valence-corrected chi connectivity index (χ4v) is 6.63. The second-order valence-corrected chi connectivity index (χ2v) is 11.3. The number of benzene rings is 2. The van der Waals surface area contributed by atoms with Gasteiger partial charge in [-0.2, -0.15) is 0 Å². The molecule has 0 atom stereocenters. The molecule has 1 aliphatic rings. The minimum atomic E-state index is -3.85. The number of amides is 1. The third-order valence-corrected chi connectivity index (χ3v) is 8.52. The smallest absolute Gasteiger partial charge is 0.287 e. The zero-order chi connectivity index (χ0) is 25.0. The number of hydrogen-bond donors (Lipinski definition) is 1. The first-order valence-electron chi connectivity index (χ1n) is 11.0. The van der Waals surface area contributed by atoms with Gasteiger partial charge in [-0.3, -0.25) is 9.69 Å². The van der Waals surface area contributed by atoms with Crippen LogP contribution in [0.1, 0.15) is 16.3 Å². The SMILES string of the molecule is O=C(NCCN1CCN(c2cccc(Cl)c2)CC1)c1ccc(CS(=O)(=O)c2c(Cl)cccc2Cl)o1. The molecule has 1 aliphatic heterocycles. The first-order valence-corrected chi connectivity index (χ1v) is 13.8. The Morgan fingerprint density at radius 1 is 0.943 bits per heavy atom. The quantitative estimate of drug-likeness (QED) is 0.431. The minimum Gasteiger partial charge on any atom is -0.455 e. The first-order chi connectivity index (χ1) is 16.7. The lowest BCUT2D eigenvalue weighted by molar-refractivity contribution is 0.0918. The zero-order valence-corrected chi connectivity index (χ0v) is 21.8. The standard InChI is InChI=1S/C24H24Cl3N3O4S/c25-17-3-1-4-18(15-17)30-13-11-29(12-14-30)10-9-28-24(31)22-8-7-19(34-22)16-35(32,33)23-20(26)5-2-6-21(23)27/h1-8,15H,9-14,16H2,(H,28,31). The van der Waals surface area contributed by atoms with Crippen LogP contribution in [-0.2, 0) is 15.6 Å². The summed E-state index contributed by atoms with van der Waals surface area (Å²) >= 11 is 18.2. The Balaban J connectivity index is 1.25. The van der Waals surface area contributed by atoms with E-state index in [1.54, 1.807) is 6.07 Å². The maximum atomic E-state index is 12.8. The van der Waals surface area contributed by atoms with Crippen LogP contribution in [-0.4, -0.2) is 58.5 Å². The monoisotopic (exact) mass is 555 g/mol. The molecule has 1 saturated heterocycles. The van der Waals surface area contributed by atoms with Gasteiger partial charge in [0.2, 0.25) is 0 Å². The predicted octanol–water partition coefficient (Wildman–Crippen LogP) is 4.77. The number of nitrogens with one attached hydrogen (secondary N) is 1. The lowest BCUT2D eigenvalue weighted by Gasteiger charge is -2.36. The normalized spacial score (nSPS) is 14.8. The summed E-state index contributed by atoms with van der Waals surface area (Å²) in [5, 5.41) is 3.62. The van der Waals surface area contributed by atoms with E-state index in [-0.39, 0.29) is 26.5 Å². The Kier molecular flexibility index (Phi) is 8.29. The summed E-state index contributed by atoms with van der Waals surface area (Å²) in [7, 11) is -3.85. The van der Waals surface area contributed by atoms with Gasteiger partial charge in [0.25, 0.3) is 5.91 Å². The van der Waals surface area contributed by atoms with Crippen molar-refractivity contribution in [1.82, 2.24) is 10.2 Å². The molecule has 186 valence electrons. The highest BCUT2D eigenvalue weighted by atomic mass is 35.5. The number of carbonyl (C=O) groups excluding carboxylic acids is 1. The van der Waals surface area contributed by atoms with Crippen molar-refractivity contribution in [2.75, 3.05) is 44.2 Å². The molecule has 1 aromatic heterocycles. The highest BCUT2D eigenvalue weighted by molar-refractivity contribution is 7.90. The molecule has 2 heterocycles. The minimum absolute atomic E-state index is 0.0374. The average molecular weight is 557 g/mol. The molecule has 1 amide bonds. The molecule has 0 unspecified atom stereocenters. The number of nitrogens with zero attached hydrogens (tertiary/aromatic N) is 2. The van der Waals surface area contributed by atoms with Crippen molar-refractivity contribution < 1.29 is 17.6 Å². The summed E-state index contributed by atoms with van der Waals surface area (Å²) in [4.78, 5) is 16.9. The molecule has 1 N–H and O–H groups in total. The highest BCUT2D eigenvalue weighted by Crippen LogP contribution is 2.31. The summed E-state index contributed by atoms with van der Waals surface area (Å²) < 4.78 is 31.0. The van der Waals surface area contributed by atoms with Gasteiger partial charge >= 0.3 is 0 Å². The van der Waals surface area contributed by atoms with Crippen molar-refractivity contribution in [2.45, 2.75) is 10.6 Å².